The molecule has 0 radical (unpaired) electrons. The lowest BCUT2D eigenvalue weighted by Crippen LogP contribution is -2.08. The summed E-state index contributed by atoms with van der Waals surface area (Å²) in [6.07, 6.45) is 1.06. The minimum Gasteiger partial charge on any atom is -0.465 e. The molecule has 1 heterocycles. The summed E-state index contributed by atoms with van der Waals surface area (Å²) < 4.78 is 9.82. The largest absolute Gasteiger partial charge is 0.465 e. The van der Waals surface area contributed by atoms with E-state index in [1.54, 1.807) is 6.07 Å². The van der Waals surface area contributed by atoms with Crippen LogP contribution in [0.15, 0.2) is 42.5 Å². The molecule has 2 aromatic carbocycles. The molecule has 9 nitrogen and oxygen atoms in total. The lowest BCUT2D eigenvalue weighted by atomic mass is 10.1. The first kappa shape index (κ1) is 19.0. The minimum absolute atomic E-state index is 0.00477. The van der Waals surface area contributed by atoms with E-state index in [9.17, 15) is 19.7 Å². The highest BCUT2D eigenvalue weighted by molar-refractivity contribution is 5.93. The van der Waals surface area contributed by atoms with Gasteiger partial charge >= 0.3 is 11.9 Å². The fourth-order valence-corrected chi connectivity index (χ4v) is 2.63. The molecule has 0 aliphatic rings. The maximum Gasteiger partial charge on any atom is 0.338 e. The first-order chi connectivity index (χ1) is 13.5. The number of hydrogen-bond acceptors (Lipinski definition) is 7. The molecule has 144 valence electrons. The Morgan fingerprint density at radius 1 is 1.11 bits per heavy atom. The number of aryl methyl sites for hydroxylation is 1. The molecule has 0 spiro atoms. The summed E-state index contributed by atoms with van der Waals surface area (Å²) in [7, 11) is 1.29. The van der Waals surface area contributed by atoms with Gasteiger partial charge in [0.1, 0.15) is 5.82 Å². The van der Waals surface area contributed by atoms with Gasteiger partial charge in [-0.3, -0.25) is 10.1 Å². The predicted molar refractivity (Wildman–Crippen MR) is 99.1 cm³/mol. The van der Waals surface area contributed by atoms with E-state index >= 15 is 0 Å². The molecule has 0 aliphatic heterocycles. The number of benzene rings is 2. The number of carbonyl (C=O) groups is 2. The van der Waals surface area contributed by atoms with E-state index in [4.69, 9.17) is 4.74 Å². The third-order valence-corrected chi connectivity index (χ3v) is 4.06. The Morgan fingerprint density at radius 3 is 2.43 bits per heavy atom. The monoisotopic (exact) mass is 383 g/mol. The highest BCUT2D eigenvalue weighted by atomic mass is 16.6. The summed E-state index contributed by atoms with van der Waals surface area (Å²) in [5.74, 6) is -0.304. The molecule has 0 fully saturated rings. The number of hydrogen-bond donors (Lipinski definition) is 1. The van der Waals surface area contributed by atoms with Gasteiger partial charge in [-0.15, -0.1) is 0 Å². The Hall–Kier alpha value is -3.75. The maximum atomic E-state index is 12.0. The number of methoxy groups -OCH3 is 1. The fraction of sp³-hybridized carbons (Fsp3) is 0.211. The summed E-state index contributed by atoms with van der Waals surface area (Å²) in [5.41, 5.74) is 1.91. The van der Waals surface area contributed by atoms with Crippen molar-refractivity contribution in [1.29, 1.82) is 0 Å². The van der Waals surface area contributed by atoms with Crippen LogP contribution < -0.4 is 0 Å². The number of fused-ring (bicyclic) bond motifs is 1. The van der Waals surface area contributed by atoms with Crippen molar-refractivity contribution in [3.63, 3.8) is 0 Å². The zero-order chi connectivity index (χ0) is 20.1. The average Bonchev–Trinajstić information content (AvgIpc) is 3.12. The van der Waals surface area contributed by atoms with E-state index in [1.165, 1.54) is 43.5 Å². The molecule has 0 amide bonds. The number of rotatable bonds is 7. The van der Waals surface area contributed by atoms with Gasteiger partial charge in [-0.05, 0) is 36.8 Å². The number of imidazole rings is 1. The zero-order valence-electron chi connectivity index (χ0n) is 15.0. The first-order valence-corrected chi connectivity index (χ1v) is 8.46. The van der Waals surface area contributed by atoms with E-state index in [-0.39, 0.29) is 12.3 Å². The molecule has 0 unspecified atom stereocenters. The number of aromatic amines is 1. The second-order valence-electron chi connectivity index (χ2n) is 5.95. The van der Waals surface area contributed by atoms with Crippen LogP contribution in [0.1, 0.15) is 33.0 Å². The number of esters is 2. The number of aromatic nitrogens is 2. The molecule has 9 heteroatoms. The van der Waals surface area contributed by atoms with Crippen LogP contribution in [-0.2, 0) is 15.9 Å². The quantitative estimate of drug-likeness (QED) is 0.288. The van der Waals surface area contributed by atoms with Gasteiger partial charge < -0.3 is 14.5 Å². The van der Waals surface area contributed by atoms with Crippen molar-refractivity contribution < 1.29 is 24.0 Å². The molecule has 3 aromatic rings. The molecule has 0 saturated carbocycles. The van der Waals surface area contributed by atoms with Crippen LogP contribution in [-0.4, -0.2) is 40.5 Å². The number of nitro groups is 1. The number of carbonyl (C=O) groups excluding carboxylic acids is 2. The molecule has 28 heavy (non-hydrogen) atoms. The second kappa shape index (κ2) is 8.30. The highest BCUT2D eigenvalue weighted by Gasteiger charge is 2.11. The van der Waals surface area contributed by atoms with Crippen LogP contribution in [0.25, 0.3) is 11.0 Å². The molecule has 3 rings (SSSR count). The van der Waals surface area contributed by atoms with Gasteiger partial charge in [0, 0.05) is 18.6 Å². The van der Waals surface area contributed by atoms with E-state index in [0.29, 0.717) is 40.8 Å². The molecule has 0 saturated heterocycles. The molecule has 1 N–H and O–H groups in total. The average molecular weight is 383 g/mol. The lowest BCUT2D eigenvalue weighted by molar-refractivity contribution is -0.384. The van der Waals surface area contributed by atoms with Gasteiger partial charge in [0.05, 0.1) is 40.8 Å². The maximum absolute atomic E-state index is 12.0. The van der Waals surface area contributed by atoms with Crippen LogP contribution in [0.3, 0.4) is 0 Å². The van der Waals surface area contributed by atoms with Crippen molar-refractivity contribution in [3.05, 3.63) is 69.5 Å². The smallest absolute Gasteiger partial charge is 0.338 e. The summed E-state index contributed by atoms with van der Waals surface area (Å²) in [4.78, 5) is 41.1. The van der Waals surface area contributed by atoms with E-state index in [1.807, 2.05) is 0 Å². The van der Waals surface area contributed by atoms with E-state index in [2.05, 4.69) is 14.7 Å². The topological polar surface area (TPSA) is 124 Å². The number of H-pyrrole nitrogens is 1. The first-order valence-electron chi connectivity index (χ1n) is 8.46. The second-order valence-corrected chi connectivity index (χ2v) is 5.95. The third-order valence-electron chi connectivity index (χ3n) is 4.06. The van der Waals surface area contributed by atoms with Gasteiger partial charge in [0.25, 0.3) is 5.69 Å². The number of nitrogens with zero attached hydrogens (tertiary/aromatic N) is 2. The van der Waals surface area contributed by atoms with Crippen molar-refractivity contribution in [2.45, 2.75) is 12.8 Å². The van der Waals surface area contributed by atoms with Gasteiger partial charge in [-0.25, -0.2) is 14.6 Å². The van der Waals surface area contributed by atoms with Crippen LogP contribution >= 0.6 is 0 Å². The van der Waals surface area contributed by atoms with E-state index < -0.39 is 16.9 Å². The summed E-state index contributed by atoms with van der Waals surface area (Å²) in [5, 5.41) is 10.8. The number of non-ortho nitro benzene ring substituents is 1. The number of ether oxygens (including phenoxy) is 2. The summed E-state index contributed by atoms with van der Waals surface area (Å²) >= 11 is 0. The van der Waals surface area contributed by atoms with Gasteiger partial charge in [0.15, 0.2) is 0 Å². The van der Waals surface area contributed by atoms with Gasteiger partial charge in [-0.2, -0.15) is 0 Å². The van der Waals surface area contributed by atoms with Crippen LogP contribution in [0.2, 0.25) is 0 Å². The van der Waals surface area contributed by atoms with Crippen molar-refractivity contribution in [3.8, 4) is 0 Å². The molecular weight excluding hydrogens is 366 g/mol. The number of nitro benzene ring substituents is 1. The van der Waals surface area contributed by atoms with Crippen molar-refractivity contribution in [2.24, 2.45) is 0 Å². The third kappa shape index (κ3) is 4.32. The summed E-state index contributed by atoms with van der Waals surface area (Å²) in [6, 6.07) is 10.4. The van der Waals surface area contributed by atoms with Crippen LogP contribution in [0.5, 0.6) is 0 Å². The SMILES string of the molecule is COC(=O)c1ccc(C(=O)OCCCc2nc3ccc([N+](=O)[O-])cc3[nH]2)cc1. The zero-order valence-corrected chi connectivity index (χ0v) is 15.0. The Balaban J connectivity index is 1.51. The highest BCUT2D eigenvalue weighted by Crippen LogP contribution is 2.19. The Labute approximate surface area is 159 Å². The van der Waals surface area contributed by atoms with Gasteiger partial charge in [0.2, 0.25) is 0 Å². The minimum atomic E-state index is -0.489. The molecule has 0 aliphatic carbocycles. The fourth-order valence-electron chi connectivity index (χ4n) is 2.63. The molecule has 0 bridgehead atoms. The van der Waals surface area contributed by atoms with Crippen molar-refractivity contribution in [2.75, 3.05) is 13.7 Å². The normalized spacial score (nSPS) is 10.6. The van der Waals surface area contributed by atoms with Crippen molar-refractivity contribution in [1.82, 2.24) is 9.97 Å². The molecular formula is C19H17N3O6. The Kier molecular flexibility index (Phi) is 5.64. The summed E-state index contributed by atoms with van der Waals surface area (Å²) in [6.45, 7) is 0.189. The molecule has 0 atom stereocenters. The molecule has 1 aromatic heterocycles. The van der Waals surface area contributed by atoms with Gasteiger partial charge in [-0.1, -0.05) is 0 Å². The Morgan fingerprint density at radius 2 is 1.79 bits per heavy atom. The lowest BCUT2D eigenvalue weighted by Gasteiger charge is -2.05. The van der Waals surface area contributed by atoms with Crippen LogP contribution in [0.4, 0.5) is 5.69 Å². The van der Waals surface area contributed by atoms with Crippen LogP contribution in [0, 0.1) is 10.1 Å². The standard InChI is InChI=1S/C19H17N3O6/c1-27-18(23)12-4-6-13(7-5-12)19(24)28-10-2-3-17-20-15-9-8-14(22(25)26)11-16(15)21-17/h4-9,11H,2-3,10H2,1H3,(H,20,21). The predicted octanol–water partition coefficient (Wildman–Crippen LogP) is 3.05. The number of nitrogens with one attached hydrogen (secondary N) is 1. The van der Waals surface area contributed by atoms with Crippen molar-refractivity contribution >= 4 is 28.7 Å². The van der Waals surface area contributed by atoms with E-state index in [0.717, 1.165) is 0 Å². The Bertz CT molecular complexity index is 1030.